The molecule has 0 aromatic heterocycles. The number of phenols is 2. The molecule has 72 valence electrons. The van der Waals surface area contributed by atoms with Crippen LogP contribution in [0, 0.1) is 0 Å². The van der Waals surface area contributed by atoms with Crippen LogP contribution in [-0.4, -0.2) is 10.2 Å². The Morgan fingerprint density at radius 2 is 1.64 bits per heavy atom. The highest BCUT2D eigenvalue weighted by Gasteiger charge is 2.45. The van der Waals surface area contributed by atoms with Crippen molar-refractivity contribution in [1.29, 1.82) is 0 Å². The molecule has 3 rings (SSSR count). The molecule has 0 saturated heterocycles. The Hall–Kier alpha value is -1.61. The summed E-state index contributed by atoms with van der Waals surface area (Å²) in [6.07, 6.45) is 1.39. The van der Waals surface area contributed by atoms with E-state index in [9.17, 15) is 10.2 Å². The summed E-state index contributed by atoms with van der Waals surface area (Å²) in [6.45, 7) is 3.51. The molecule has 14 heavy (non-hydrogen) atoms. The molecule has 0 radical (unpaired) electrons. The highest BCUT2D eigenvalue weighted by Crippen LogP contribution is 2.70. The van der Waals surface area contributed by atoms with Crippen molar-refractivity contribution in [1.82, 2.24) is 0 Å². The van der Waals surface area contributed by atoms with Crippen molar-refractivity contribution < 1.29 is 23.8 Å². The van der Waals surface area contributed by atoms with Crippen molar-refractivity contribution in [3.05, 3.63) is 12.1 Å². The fourth-order valence-corrected chi connectivity index (χ4v) is 2.48. The van der Waals surface area contributed by atoms with E-state index in [0.717, 1.165) is 0 Å². The van der Waals surface area contributed by atoms with E-state index in [1.54, 1.807) is 0 Å². The van der Waals surface area contributed by atoms with E-state index >= 15 is 0 Å². The van der Waals surface area contributed by atoms with Crippen molar-refractivity contribution in [3.63, 3.8) is 0 Å². The Bertz CT molecular complexity index is 456. The van der Waals surface area contributed by atoms with Gasteiger partial charge in [0.05, 0.1) is 5.56 Å². The molecule has 1 aromatic carbocycles. The summed E-state index contributed by atoms with van der Waals surface area (Å²) in [7, 11) is -1.47. The molecule has 1 atom stereocenters. The summed E-state index contributed by atoms with van der Waals surface area (Å²) in [5.74, 6) is 0.269. The van der Waals surface area contributed by atoms with Gasteiger partial charge in [0.25, 0.3) is 0 Å². The zero-order valence-corrected chi connectivity index (χ0v) is 7.75. The van der Waals surface area contributed by atoms with Crippen LogP contribution in [0.2, 0.25) is 0 Å². The minimum absolute atomic E-state index is 0.153. The van der Waals surface area contributed by atoms with Gasteiger partial charge in [-0.2, -0.15) is 0 Å². The lowest BCUT2D eigenvalue weighted by Gasteiger charge is -2.13. The molecule has 2 N–H and O–H groups in total. The van der Waals surface area contributed by atoms with Gasteiger partial charge < -0.3 is 23.8 Å². The van der Waals surface area contributed by atoms with Gasteiger partial charge in [0.1, 0.15) is 0 Å². The smallest absolute Gasteiger partial charge is 0.504 e. The van der Waals surface area contributed by atoms with Crippen LogP contribution >= 0.6 is 8.60 Å². The Morgan fingerprint density at radius 1 is 1.00 bits per heavy atom. The van der Waals surface area contributed by atoms with Crippen molar-refractivity contribution in [3.8, 4) is 28.7 Å². The first-order chi connectivity index (χ1) is 6.72. The Morgan fingerprint density at radius 3 is 2.29 bits per heavy atom. The van der Waals surface area contributed by atoms with Crippen molar-refractivity contribution in [2.24, 2.45) is 0 Å². The van der Waals surface area contributed by atoms with Crippen LogP contribution in [0.25, 0.3) is 6.08 Å². The number of benzene rings is 1. The summed E-state index contributed by atoms with van der Waals surface area (Å²) < 4.78 is 15.5. The maximum Gasteiger partial charge on any atom is 0.530 e. The van der Waals surface area contributed by atoms with Crippen LogP contribution in [-0.2, 0) is 0 Å². The van der Waals surface area contributed by atoms with E-state index in [-0.39, 0.29) is 17.2 Å². The lowest BCUT2D eigenvalue weighted by Crippen LogP contribution is -1.94. The lowest BCUT2D eigenvalue weighted by molar-refractivity contribution is 0.375. The highest BCUT2D eigenvalue weighted by atomic mass is 31.2. The number of rotatable bonds is 1. The summed E-state index contributed by atoms with van der Waals surface area (Å²) >= 11 is 0. The molecule has 2 heterocycles. The van der Waals surface area contributed by atoms with Gasteiger partial charge in [-0.05, 0) is 0 Å². The first kappa shape index (κ1) is 7.76. The Balaban J connectivity index is 2.41. The number of hydrogen-bond donors (Lipinski definition) is 2. The molecule has 0 fully saturated rings. The van der Waals surface area contributed by atoms with Crippen molar-refractivity contribution in [2.45, 2.75) is 0 Å². The molecule has 2 bridgehead atoms. The molecule has 6 heteroatoms. The normalized spacial score (nSPS) is 19.9. The van der Waals surface area contributed by atoms with Gasteiger partial charge in [0, 0.05) is 0 Å². The molecule has 0 amide bonds. The number of hydrogen-bond acceptors (Lipinski definition) is 5. The Labute approximate surface area is 80.1 Å². The van der Waals surface area contributed by atoms with Gasteiger partial charge in [0.2, 0.25) is 17.2 Å². The molecule has 2 aliphatic heterocycles. The number of fused-ring (bicyclic) bond motifs is 1. The van der Waals surface area contributed by atoms with E-state index in [4.69, 9.17) is 13.6 Å². The topological polar surface area (TPSA) is 68.2 Å². The van der Waals surface area contributed by atoms with Crippen molar-refractivity contribution >= 4 is 14.7 Å². The van der Waals surface area contributed by atoms with Crippen LogP contribution in [0.1, 0.15) is 5.56 Å². The fourth-order valence-electron chi connectivity index (χ4n) is 1.40. The minimum Gasteiger partial charge on any atom is -0.504 e. The lowest BCUT2D eigenvalue weighted by atomic mass is 10.1. The van der Waals surface area contributed by atoms with E-state index in [1.807, 2.05) is 0 Å². The predicted octanol–water partition coefficient (Wildman–Crippen LogP) is 2.13. The second kappa shape index (κ2) is 2.25. The quantitative estimate of drug-likeness (QED) is 0.551. The third-order valence-corrected chi connectivity index (χ3v) is 3.05. The maximum atomic E-state index is 9.54. The molecule has 0 aliphatic carbocycles. The van der Waals surface area contributed by atoms with Gasteiger partial charge in [-0.25, -0.2) is 0 Å². The second-order valence-corrected chi connectivity index (χ2v) is 3.79. The summed E-state index contributed by atoms with van der Waals surface area (Å²) in [5, 5.41) is 19.1. The predicted molar refractivity (Wildman–Crippen MR) is 48.7 cm³/mol. The van der Waals surface area contributed by atoms with Crippen LogP contribution in [0.5, 0.6) is 28.7 Å². The largest absolute Gasteiger partial charge is 0.530 e. The highest BCUT2D eigenvalue weighted by molar-refractivity contribution is 7.44. The first-order valence-electron chi connectivity index (χ1n) is 3.80. The summed E-state index contributed by atoms with van der Waals surface area (Å²) in [6, 6.07) is 0. The third kappa shape index (κ3) is 0.692. The van der Waals surface area contributed by atoms with Gasteiger partial charge in [-0.3, -0.25) is 0 Å². The fraction of sp³-hybridized carbons (Fsp3) is 0. The van der Waals surface area contributed by atoms with E-state index in [0.29, 0.717) is 17.1 Å². The van der Waals surface area contributed by atoms with Crippen LogP contribution in [0.3, 0.4) is 0 Å². The molecule has 5 nitrogen and oxygen atoms in total. The number of aromatic hydroxyl groups is 2. The average Bonchev–Trinajstić information content (AvgIpc) is 2.75. The molecule has 1 unspecified atom stereocenters. The molecular weight excluding hydrogens is 207 g/mol. The zero-order valence-electron chi connectivity index (χ0n) is 6.85. The van der Waals surface area contributed by atoms with Gasteiger partial charge in [-0.15, -0.1) is 0 Å². The molecule has 1 aromatic rings. The van der Waals surface area contributed by atoms with Gasteiger partial charge >= 0.3 is 8.60 Å². The van der Waals surface area contributed by atoms with E-state index in [2.05, 4.69) is 6.58 Å². The average molecular weight is 212 g/mol. The maximum absolute atomic E-state index is 9.54. The standard InChI is InChI=1S/C8H5O5P/c1-2-3-4(9)5(10)7-8-6(3)11-14(12-7)13-8/h2,9-10H,1H2. The SMILES string of the molecule is C=Cc1c(O)c(O)c2c3c1OP(O2)O3. The monoisotopic (exact) mass is 212 g/mol. The van der Waals surface area contributed by atoms with E-state index < -0.39 is 8.60 Å². The number of phenolic OH excluding ortho intramolecular Hbond substituents is 2. The van der Waals surface area contributed by atoms with E-state index in [1.165, 1.54) is 6.08 Å². The van der Waals surface area contributed by atoms with Crippen LogP contribution in [0.15, 0.2) is 6.58 Å². The minimum atomic E-state index is -1.47. The zero-order chi connectivity index (χ0) is 9.87. The molecule has 0 spiro atoms. The van der Waals surface area contributed by atoms with Crippen LogP contribution in [0.4, 0.5) is 0 Å². The Kier molecular flexibility index (Phi) is 1.25. The second-order valence-electron chi connectivity index (χ2n) is 2.80. The molecular formula is C8H5O5P. The molecule has 2 aliphatic rings. The summed E-state index contributed by atoms with van der Waals surface area (Å²) in [5.41, 5.74) is 0.328. The third-order valence-electron chi connectivity index (χ3n) is 2.05. The first-order valence-corrected chi connectivity index (χ1v) is 4.90. The van der Waals surface area contributed by atoms with Gasteiger partial charge in [-0.1, -0.05) is 12.7 Å². The van der Waals surface area contributed by atoms with Crippen LogP contribution < -0.4 is 13.6 Å². The summed E-state index contributed by atoms with van der Waals surface area (Å²) in [4.78, 5) is 0. The van der Waals surface area contributed by atoms with Crippen molar-refractivity contribution in [2.75, 3.05) is 0 Å². The van der Waals surface area contributed by atoms with Gasteiger partial charge in [0.15, 0.2) is 11.5 Å². The molecule has 0 saturated carbocycles.